The minimum Gasteiger partial charge on any atom is -0.506 e. The average Bonchev–Trinajstić information content (AvgIpc) is 1.80. The van der Waals surface area contributed by atoms with Crippen LogP contribution in [0.5, 0.6) is 5.75 Å². The minimum absolute atomic E-state index is 0.0728. The highest BCUT2D eigenvalue weighted by molar-refractivity contribution is 9.10. The molecule has 0 aliphatic heterocycles. The minimum atomic E-state index is -0.417. The average molecular weight is 190 g/mol. The van der Waals surface area contributed by atoms with Crippen molar-refractivity contribution in [1.29, 1.82) is 0 Å². The molecular formula is C6H3BrFO. The van der Waals surface area contributed by atoms with Gasteiger partial charge in [0.25, 0.3) is 0 Å². The number of phenolic OH excluding ortho intramolecular Hbond substituents is 1. The summed E-state index contributed by atoms with van der Waals surface area (Å²) in [6.07, 6.45) is 0. The van der Waals surface area contributed by atoms with Gasteiger partial charge in [0, 0.05) is 6.07 Å². The van der Waals surface area contributed by atoms with E-state index in [9.17, 15) is 4.39 Å². The van der Waals surface area contributed by atoms with Crippen LogP contribution in [0.25, 0.3) is 0 Å². The first-order valence-electron chi connectivity index (χ1n) is 2.26. The molecule has 3 heteroatoms. The Bertz CT molecular complexity index is 224. The molecule has 0 atom stereocenters. The molecule has 0 aromatic heterocycles. The summed E-state index contributed by atoms with van der Waals surface area (Å²) in [6, 6.07) is 4.54. The Kier molecular flexibility index (Phi) is 1.71. The summed E-state index contributed by atoms with van der Waals surface area (Å²) < 4.78 is 12.5. The molecule has 0 aliphatic carbocycles. The Labute approximate surface area is 60.3 Å². The van der Waals surface area contributed by atoms with Gasteiger partial charge in [-0.2, -0.15) is 0 Å². The quantitative estimate of drug-likeness (QED) is 0.663. The predicted octanol–water partition coefficient (Wildman–Crippen LogP) is 2.09. The van der Waals surface area contributed by atoms with Crippen molar-refractivity contribution >= 4 is 15.9 Å². The maximum atomic E-state index is 12.2. The van der Waals surface area contributed by atoms with Crippen LogP contribution in [0.4, 0.5) is 4.39 Å². The third kappa shape index (κ3) is 1.42. The Morgan fingerprint density at radius 2 is 2.33 bits per heavy atom. The monoisotopic (exact) mass is 189 g/mol. The summed E-state index contributed by atoms with van der Waals surface area (Å²) in [7, 11) is 0. The lowest BCUT2D eigenvalue weighted by Gasteiger charge is -1.92. The molecule has 0 spiro atoms. The zero-order valence-electron chi connectivity index (χ0n) is 4.36. The summed E-state index contributed by atoms with van der Waals surface area (Å²) in [5, 5.41) is 8.77. The second kappa shape index (κ2) is 2.35. The van der Waals surface area contributed by atoms with E-state index in [1.807, 2.05) is 0 Å². The van der Waals surface area contributed by atoms with Gasteiger partial charge in [-0.05, 0) is 28.1 Å². The van der Waals surface area contributed by atoms with Gasteiger partial charge in [-0.15, -0.1) is 0 Å². The number of hydrogen-bond acceptors (Lipinski definition) is 1. The molecule has 0 heterocycles. The molecule has 0 unspecified atom stereocenters. The van der Waals surface area contributed by atoms with E-state index < -0.39 is 5.82 Å². The molecule has 0 aliphatic rings. The van der Waals surface area contributed by atoms with Crippen molar-refractivity contribution in [2.75, 3.05) is 0 Å². The van der Waals surface area contributed by atoms with Crippen LogP contribution >= 0.6 is 15.9 Å². The molecule has 0 amide bonds. The van der Waals surface area contributed by atoms with Gasteiger partial charge in [-0.1, -0.05) is 0 Å². The lowest BCUT2D eigenvalue weighted by atomic mass is 10.3. The molecule has 1 rings (SSSR count). The number of benzene rings is 1. The number of halogens is 2. The summed E-state index contributed by atoms with van der Waals surface area (Å²) in [4.78, 5) is 0. The fourth-order valence-electron chi connectivity index (χ4n) is 0.437. The fourth-order valence-corrected chi connectivity index (χ4v) is 0.770. The fraction of sp³-hybridized carbons (Fsp3) is 0. The van der Waals surface area contributed by atoms with Gasteiger partial charge < -0.3 is 5.11 Å². The SMILES string of the molecule is Oc1[c]cc(F)cc1Br. The van der Waals surface area contributed by atoms with E-state index in [-0.39, 0.29) is 5.75 Å². The maximum absolute atomic E-state index is 12.2. The van der Waals surface area contributed by atoms with Gasteiger partial charge in [-0.3, -0.25) is 0 Å². The van der Waals surface area contributed by atoms with Crippen LogP contribution in [0.2, 0.25) is 0 Å². The van der Waals surface area contributed by atoms with Crippen LogP contribution in [-0.4, -0.2) is 5.11 Å². The third-order valence-corrected chi connectivity index (χ3v) is 1.44. The first kappa shape index (κ1) is 6.55. The highest BCUT2D eigenvalue weighted by Gasteiger charge is 1.96. The van der Waals surface area contributed by atoms with E-state index in [0.29, 0.717) is 4.47 Å². The van der Waals surface area contributed by atoms with E-state index >= 15 is 0 Å². The maximum Gasteiger partial charge on any atom is 0.137 e. The molecule has 9 heavy (non-hydrogen) atoms. The van der Waals surface area contributed by atoms with Gasteiger partial charge in [0.05, 0.1) is 4.47 Å². The van der Waals surface area contributed by atoms with E-state index in [1.54, 1.807) is 0 Å². The summed E-state index contributed by atoms with van der Waals surface area (Å²) in [5.41, 5.74) is 0. The molecule has 1 N–H and O–H groups in total. The third-order valence-electron chi connectivity index (χ3n) is 0.838. The van der Waals surface area contributed by atoms with Crippen molar-refractivity contribution in [1.82, 2.24) is 0 Å². The molecule has 47 valence electrons. The molecule has 1 radical (unpaired) electrons. The van der Waals surface area contributed by atoms with Crippen molar-refractivity contribution in [2.45, 2.75) is 0 Å². The highest BCUT2D eigenvalue weighted by atomic mass is 79.9. The van der Waals surface area contributed by atoms with E-state index in [4.69, 9.17) is 5.11 Å². The Balaban J connectivity index is 3.17. The van der Waals surface area contributed by atoms with Gasteiger partial charge in [0.1, 0.15) is 11.6 Å². The zero-order chi connectivity index (χ0) is 6.85. The molecule has 1 nitrogen and oxygen atoms in total. The van der Waals surface area contributed by atoms with Crippen molar-refractivity contribution in [3.8, 4) is 5.75 Å². The van der Waals surface area contributed by atoms with Crippen LogP contribution in [0, 0.1) is 11.9 Å². The van der Waals surface area contributed by atoms with E-state index in [1.165, 1.54) is 6.07 Å². The molecular weight excluding hydrogens is 187 g/mol. The first-order chi connectivity index (χ1) is 4.20. The summed E-state index contributed by atoms with van der Waals surface area (Å²) in [6.45, 7) is 0. The smallest absolute Gasteiger partial charge is 0.137 e. The van der Waals surface area contributed by atoms with Gasteiger partial charge in [0.15, 0.2) is 0 Å². The number of aromatic hydroxyl groups is 1. The Hall–Kier alpha value is -0.570. The van der Waals surface area contributed by atoms with Crippen LogP contribution in [0.1, 0.15) is 0 Å². The molecule has 0 saturated carbocycles. The van der Waals surface area contributed by atoms with Crippen molar-refractivity contribution in [3.63, 3.8) is 0 Å². The zero-order valence-corrected chi connectivity index (χ0v) is 5.94. The standard InChI is InChI=1S/C6H3BrFO/c7-5-3-4(8)1-2-6(5)9/h1,3,9H. The predicted molar refractivity (Wildman–Crippen MR) is 34.6 cm³/mol. The largest absolute Gasteiger partial charge is 0.506 e. The molecule has 0 fully saturated rings. The normalized spacial score (nSPS) is 9.56. The lowest BCUT2D eigenvalue weighted by molar-refractivity contribution is 0.468. The first-order valence-corrected chi connectivity index (χ1v) is 3.05. The molecule has 1 aromatic carbocycles. The highest BCUT2D eigenvalue weighted by Crippen LogP contribution is 2.22. The van der Waals surface area contributed by atoms with Gasteiger partial charge in [0.2, 0.25) is 0 Å². The van der Waals surface area contributed by atoms with Crippen LogP contribution in [0.3, 0.4) is 0 Å². The van der Waals surface area contributed by atoms with Crippen molar-refractivity contribution in [2.24, 2.45) is 0 Å². The second-order valence-corrected chi connectivity index (χ2v) is 2.37. The van der Waals surface area contributed by atoms with Crippen LogP contribution in [-0.2, 0) is 0 Å². The number of hydrogen-bond donors (Lipinski definition) is 1. The summed E-state index contributed by atoms with van der Waals surface area (Å²) in [5.74, 6) is -0.490. The van der Waals surface area contributed by atoms with Gasteiger partial charge in [-0.25, -0.2) is 4.39 Å². The number of rotatable bonds is 0. The molecule has 1 aromatic rings. The van der Waals surface area contributed by atoms with E-state index in [0.717, 1.165) is 6.07 Å². The molecule has 0 saturated heterocycles. The number of phenols is 1. The van der Waals surface area contributed by atoms with Gasteiger partial charge >= 0.3 is 0 Å². The molecule has 0 bridgehead atoms. The lowest BCUT2D eigenvalue weighted by Crippen LogP contribution is -1.72. The summed E-state index contributed by atoms with van der Waals surface area (Å²) >= 11 is 2.92. The van der Waals surface area contributed by atoms with Crippen LogP contribution < -0.4 is 0 Å². The second-order valence-electron chi connectivity index (χ2n) is 1.51. The van der Waals surface area contributed by atoms with Crippen molar-refractivity contribution in [3.05, 3.63) is 28.5 Å². The topological polar surface area (TPSA) is 20.2 Å². The Morgan fingerprint density at radius 3 is 2.78 bits per heavy atom. The Morgan fingerprint density at radius 1 is 1.67 bits per heavy atom. The van der Waals surface area contributed by atoms with Crippen molar-refractivity contribution < 1.29 is 9.50 Å². The van der Waals surface area contributed by atoms with E-state index in [2.05, 4.69) is 22.0 Å². The van der Waals surface area contributed by atoms with Crippen LogP contribution in [0.15, 0.2) is 16.6 Å².